The quantitative estimate of drug-likeness (QED) is 0.711. The molecule has 0 spiro atoms. The van der Waals surface area contributed by atoms with Crippen LogP contribution in [0.25, 0.3) is 10.9 Å². The third kappa shape index (κ3) is 3.20. The smallest absolute Gasteiger partial charge is 0.272 e. The second-order valence-electron chi connectivity index (χ2n) is 4.68. The van der Waals surface area contributed by atoms with Gasteiger partial charge in [-0.05, 0) is 30.3 Å². The van der Waals surface area contributed by atoms with Crippen LogP contribution in [0.5, 0.6) is 5.75 Å². The van der Waals surface area contributed by atoms with Crippen molar-refractivity contribution in [1.82, 2.24) is 15.5 Å². The molecule has 1 amide bonds. The molecule has 6 heteroatoms. The summed E-state index contributed by atoms with van der Waals surface area (Å²) >= 11 is 5.80. The van der Waals surface area contributed by atoms with E-state index in [2.05, 4.69) is 15.5 Å². The molecule has 0 fully saturated rings. The first-order chi connectivity index (χ1) is 10.7. The van der Waals surface area contributed by atoms with Crippen molar-refractivity contribution in [2.24, 2.45) is 0 Å². The van der Waals surface area contributed by atoms with Gasteiger partial charge in [0.15, 0.2) is 5.69 Å². The van der Waals surface area contributed by atoms with Gasteiger partial charge in [-0.1, -0.05) is 29.8 Å². The molecule has 22 heavy (non-hydrogen) atoms. The molecule has 0 radical (unpaired) electrons. The van der Waals surface area contributed by atoms with Gasteiger partial charge in [-0.15, -0.1) is 0 Å². The Labute approximate surface area is 132 Å². The first kappa shape index (κ1) is 14.4. The predicted octanol–water partition coefficient (Wildman–Crippen LogP) is 3.03. The van der Waals surface area contributed by atoms with Gasteiger partial charge in [0.05, 0.1) is 12.1 Å². The lowest BCUT2D eigenvalue weighted by atomic mass is 10.2. The molecule has 2 N–H and O–H groups in total. The van der Waals surface area contributed by atoms with Gasteiger partial charge in [-0.3, -0.25) is 9.89 Å². The molecule has 0 unspecified atom stereocenters. The van der Waals surface area contributed by atoms with Crippen molar-refractivity contribution in [2.75, 3.05) is 13.2 Å². The van der Waals surface area contributed by atoms with Crippen molar-refractivity contribution in [1.29, 1.82) is 0 Å². The standard InChI is InChI=1S/C16H14ClN3O2/c17-11-5-7-12(8-6-11)22-10-9-18-16(21)15-13-3-1-2-4-14(13)19-20-15/h1-8H,9-10H2,(H,18,21)(H,19,20). The van der Waals surface area contributed by atoms with Crippen molar-refractivity contribution in [2.45, 2.75) is 0 Å². The van der Waals surface area contributed by atoms with E-state index in [1.807, 2.05) is 24.3 Å². The molecule has 1 aromatic heterocycles. The highest BCUT2D eigenvalue weighted by Gasteiger charge is 2.12. The minimum absolute atomic E-state index is 0.225. The largest absolute Gasteiger partial charge is 0.492 e. The number of nitrogens with one attached hydrogen (secondary N) is 2. The first-order valence-electron chi connectivity index (χ1n) is 6.84. The van der Waals surface area contributed by atoms with Gasteiger partial charge in [0, 0.05) is 10.4 Å². The maximum atomic E-state index is 12.1. The average molecular weight is 316 g/mol. The minimum Gasteiger partial charge on any atom is -0.492 e. The third-order valence-corrected chi connectivity index (χ3v) is 3.41. The third-order valence-electron chi connectivity index (χ3n) is 3.16. The summed E-state index contributed by atoms with van der Waals surface area (Å²) in [6, 6.07) is 14.6. The minimum atomic E-state index is -0.225. The van der Waals surface area contributed by atoms with Crippen LogP contribution < -0.4 is 10.1 Å². The van der Waals surface area contributed by atoms with Gasteiger partial charge in [0.1, 0.15) is 12.4 Å². The number of aromatic amines is 1. The number of carbonyl (C=O) groups is 1. The summed E-state index contributed by atoms with van der Waals surface area (Å²) in [4.78, 5) is 12.1. The molecular formula is C16H14ClN3O2. The number of benzene rings is 2. The van der Waals surface area contributed by atoms with E-state index in [1.54, 1.807) is 24.3 Å². The number of hydrogen-bond acceptors (Lipinski definition) is 3. The number of hydrogen-bond donors (Lipinski definition) is 2. The van der Waals surface area contributed by atoms with E-state index in [1.165, 1.54) is 0 Å². The first-order valence-corrected chi connectivity index (χ1v) is 7.21. The van der Waals surface area contributed by atoms with Crippen molar-refractivity contribution in [3.63, 3.8) is 0 Å². The van der Waals surface area contributed by atoms with Crippen LogP contribution in [0.15, 0.2) is 48.5 Å². The van der Waals surface area contributed by atoms with Gasteiger partial charge in [-0.25, -0.2) is 0 Å². The molecule has 3 rings (SSSR count). The van der Waals surface area contributed by atoms with Crippen molar-refractivity contribution in [3.05, 3.63) is 59.2 Å². The number of fused-ring (bicyclic) bond motifs is 1. The molecule has 2 aromatic carbocycles. The normalized spacial score (nSPS) is 10.6. The Kier molecular flexibility index (Phi) is 4.25. The Bertz CT molecular complexity index is 783. The maximum Gasteiger partial charge on any atom is 0.272 e. The topological polar surface area (TPSA) is 67.0 Å². The molecule has 0 atom stereocenters. The highest BCUT2D eigenvalue weighted by molar-refractivity contribution is 6.30. The molecule has 0 aliphatic heterocycles. The van der Waals surface area contributed by atoms with Gasteiger partial charge in [-0.2, -0.15) is 5.10 Å². The zero-order chi connectivity index (χ0) is 15.4. The Morgan fingerprint density at radius 2 is 1.95 bits per heavy atom. The second kappa shape index (κ2) is 6.49. The molecule has 1 heterocycles. The number of ether oxygens (including phenoxy) is 1. The van der Waals surface area contributed by atoms with E-state index in [9.17, 15) is 4.79 Å². The second-order valence-corrected chi connectivity index (χ2v) is 5.11. The van der Waals surface area contributed by atoms with Crippen LogP contribution in [-0.2, 0) is 0 Å². The SMILES string of the molecule is O=C(NCCOc1ccc(Cl)cc1)c1n[nH]c2ccccc12. The van der Waals surface area contributed by atoms with Crippen LogP contribution in [0.3, 0.4) is 0 Å². The number of halogens is 1. The Morgan fingerprint density at radius 3 is 2.77 bits per heavy atom. The Balaban J connectivity index is 1.53. The number of rotatable bonds is 5. The number of amides is 1. The van der Waals surface area contributed by atoms with Crippen LogP contribution in [-0.4, -0.2) is 29.3 Å². The summed E-state index contributed by atoms with van der Waals surface area (Å²) in [5, 5.41) is 11.1. The Hall–Kier alpha value is -2.53. The highest BCUT2D eigenvalue weighted by Crippen LogP contribution is 2.16. The molecule has 5 nitrogen and oxygen atoms in total. The van der Waals surface area contributed by atoms with E-state index in [4.69, 9.17) is 16.3 Å². The molecule has 0 saturated heterocycles. The summed E-state index contributed by atoms with van der Waals surface area (Å²) in [6.07, 6.45) is 0. The fraction of sp³-hybridized carbons (Fsp3) is 0.125. The monoisotopic (exact) mass is 315 g/mol. The summed E-state index contributed by atoms with van der Waals surface area (Å²) < 4.78 is 5.51. The lowest BCUT2D eigenvalue weighted by molar-refractivity contribution is 0.0943. The van der Waals surface area contributed by atoms with Crippen molar-refractivity contribution in [3.8, 4) is 5.75 Å². The van der Waals surface area contributed by atoms with E-state index in [-0.39, 0.29) is 5.91 Å². The molecule has 112 valence electrons. The van der Waals surface area contributed by atoms with Crippen LogP contribution in [0, 0.1) is 0 Å². The van der Waals surface area contributed by atoms with Gasteiger partial charge in [0.25, 0.3) is 5.91 Å². The van der Waals surface area contributed by atoms with Crippen LogP contribution in [0.4, 0.5) is 0 Å². The molecule has 0 saturated carbocycles. The lowest BCUT2D eigenvalue weighted by Gasteiger charge is -2.07. The molecule has 0 aliphatic carbocycles. The van der Waals surface area contributed by atoms with Gasteiger partial charge < -0.3 is 10.1 Å². The molecule has 0 aliphatic rings. The van der Waals surface area contributed by atoms with Gasteiger partial charge >= 0.3 is 0 Å². The highest BCUT2D eigenvalue weighted by atomic mass is 35.5. The van der Waals surface area contributed by atoms with Crippen molar-refractivity contribution >= 4 is 28.4 Å². The number of H-pyrrole nitrogens is 1. The molecule has 0 bridgehead atoms. The zero-order valence-electron chi connectivity index (χ0n) is 11.7. The fourth-order valence-corrected chi connectivity index (χ4v) is 2.21. The average Bonchev–Trinajstić information content (AvgIpc) is 2.97. The van der Waals surface area contributed by atoms with Crippen LogP contribution in [0.1, 0.15) is 10.5 Å². The lowest BCUT2D eigenvalue weighted by Crippen LogP contribution is -2.28. The molecule has 3 aromatic rings. The number of para-hydroxylation sites is 1. The predicted molar refractivity (Wildman–Crippen MR) is 85.4 cm³/mol. The fourth-order valence-electron chi connectivity index (χ4n) is 2.08. The summed E-state index contributed by atoms with van der Waals surface area (Å²) in [6.45, 7) is 0.762. The van der Waals surface area contributed by atoms with E-state index in [0.717, 1.165) is 10.9 Å². The van der Waals surface area contributed by atoms with Crippen molar-refractivity contribution < 1.29 is 9.53 Å². The van der Waals surface area contributed by atoms with Crippen LogP contribution in [0.2, 0.25) is 5.02 Å². The van der Waals surface area contributed by atoms with E-state index in [0.29, 0.717) is 29.6 Å². The summed E-state index contributed by atoms with van der Waals surface area (Å²) in [5.41, 5.74) is 1.23. The van der Waals surface area contributed by atoms with E-state index >= 15 is 0 Å². The molecular weight excluding hydrogens is 302 g/mol. The summed E-state index contributed by atoms with van der Waals surface area (Å²) in [5.74, 6) is 0.487. The Morgan fingerprint density at radius 1 is 1.18 bits per heavy atom. The summed E-state index contributed by atoms with van der Waals surface area (Å²) in [7, 11) is 0. The van der Waals surface area contributed by atoms with Gasteiger partial charge in [0.2, 0.25) is 0 Å². The maximum absolute atomic E-state index is 12.1. The number of nitrogens with zero attached hydrogens (tertiary/aromatic N) is 1. The van der Waals surface area contributed by atoms with E-state index < -0.39 is 0 Å². The van der Waals surface area contributed by atoms with Crippen LogP contribution >= 0.6 is 11.6 Å². The number of carbonyl (C=O) groups excluding carboxylic acids is 1. The zero-order valence-corrected chi connectivity index (χ0v) is 12.4. The number of aromatic nitrogens is 2.